The summed E-state index contributed by atoms with van der Waals surface area (Å²) in [6.45, 7) is 6.49. The second-order valence-corrected chi connectivity index (χ2v) is 4.49. The molecule has 1 atom stereocenters. The van der Waals surface area contributed by atoms with Gasteiger partial charge in [-0.25, -0.2) is 0 Å². The zero-order chi connectivity index (χ0) is 11.8. The molecule has 1 heteroatoms. The van der Waals surface area contributed by atoms with Gasteiger partial charge in [0.15, 0.2) is 0 Å². The van der Waals surface area contributed by atoms with E-state index in [-0.39, 0.29) is 6.10 Å². The highest BCUT2D eigenvalue weighted by atomic mass is 16.5. The fourth-order valence-electron chi connectivity index (χ4n) is 1.57. The maximum atomic E-state index is 5.45. The van der Waals surface area contributed by atoms with E-state index in [2.05, 4.69) is 39.0 Å². The lowest BCUT2D eigenvalue weighted by molar-refractivity contribution is 0.186. The van der Waals surface area contributed by atoms with Gasteiger partial charge in [0.05, 0.1) is 6.26 Å². The van der Waals surface area contributed by atoms with Gasteiger partial charge in [0.1, 0.15) is 6.10 Å². The summed E-state index contributed by atoms with van der Waals surface area (Å²) in [5.41, 5.74) is 2.85. The van der Waals surface area contributed by atoms with Gasteiger partial charge in [-0.3, -0.25) is 0 Å². The highest BCUT2D eigenvalue weighted by molar-refractivity contribution is 5.10. The third-order valence-corrected chi connectivity index (χ3v) is 2.56. The van der Waals surface area contributed by atoms with Crippen molar-refractivity contribution in [2.24, 2.45) is 0 Å². The van der Waals surface area contributed by atoms with Crippen molar-refractivity contribution >= 4 is 0 Å². The van der Waals surface area contributed by atoms with E-state index in [4.69, 9.17) is 4.74 Å². The number of hydrogen-bond acceptors (Lipinski definition) is 1. The van der Waals surface area contributed by atoms with Crippen molar-refractivity contribution in [3.8, 4) is 0 Å². The van der Waals surface area contributed by atoms with Gasteiger partial charge in [-0.2, -0.15) is 0 Å². The molecule has 0 amide bonds. The monoisotopic (exact) mass is 218 g/mol. The van der Waals surface area contributed by atoms with E-state index in [9.17, 15) is 0 Å². The van der Waals surface area contributed by atoms with E-state index in [0.717, 1.165) is 19.3 Å². The number of allylic oxidation sites excluding steroid dienone is 5. The van der Waals surface area contributed by atoms with Crippen molar-refractivity contribution < 1.29 is 4.74 Å². The second kappa shape index (κ2) is 7.10. The molecule has 1 nitrogen and oxygen atoms in total. The van der Waals surface area contributed by atoms with Gasteiger partial charge in [0.2, 0.25) is 0 Å². The topological polar surface area (TPSA) is 9.23 Å². The zero-order valence-electron chi connectivity index (χ0n) is 10.6. The third-order valence-electron chi connectivity index (χ3n) is 2.56. The lowest BCUT2D eigenvalue weighted by atomic mass is 10.1. The Kier molecular flexibility index (Phi) is 5.69. The van der Waals surface area contributed by atoms with Gasteiger partial charge in [-0.1, -0.05) is 29.4 Å². The quantitative estimate of drug-likeness (QED) is 0.616. The summed E-state index contributed by atoms with van der Waals surface area (Å²) >= 11 is 0. The van der Waals surface area contributed by atoms with Crippen LogP contribution in [-0.4, -0.2) is 6.10 Å². The summed E-state index contributed by atoms with van der Waals surface area (Å²) in [6.07, 6.45) is 15.9. The van der Waals surface area contributed by atoms with E-state index < -0.39 is 0 Å². The minimum atomic E-state index is 0.225. The van der Waals surface area contributed by atoms with Gasteiger partial charge in [0.25, 0.3) is 0 Å². The predicted molar refractivity (Wildman–Crippen MR) is 70.2 cm³/mol. The standard InChI is InChI=1S/C15H22O/c1-13(2)7-6-8-14(3)10-11-15-9-4-5-12-16-15/h4-5,7,9-10,12,15H,6,8,11H2,1-3H3/b14-10-. The van der Waals surface area contributed by atoms with Crippen LogP contribution >= 0.6 is 0 Å². The number of rotatable bonds is 5. The summed E-state index contributed by atoms with van der Waals surface area (Å²) in [5.74, 6) is 0. The van der Waals surface area contributed by atoms with Gasteiger partial charge in [-0.15, -0.1) is 0 Å². The van der Waals surface area contributed by atoms with Crippen LogP contribution in [0.5, 0.6) is 0 Å². The molecule has 0 saturated heterocycles. The summed E-state index contributed by atoms with van der Waals surface area (Å²) in [5, 5.41) is 0. The van der Waals surface area contributed by atoms with E-state index in [1.807, 2.05) is 12.2 Å². The van der Waals surface area contributed by atoms with Gasteiger partial charge in [0, 0.05) is 6.42 Å². The molecule has 0 spiro atoms. The summed E-state index contributed by atoms with van der Waals surface area (Å²) in [4.78, 5) is 0. The Morgan fingerprint density at radius 3 is 2.62 bits per heavy atom. The Labute approximate surface area is 99.2 Å². The van der Waals surface area contributed by atoms with Gasteiger partial charge >= 0.3 is 0 Å². The Morgan fingerprint density at radius 2 is 2.00 bits per heavy atom. The van der Waals surface area contributed by atoms with E-state index in [0.29, 0.717) is 0 Å². The van der Waals surface area contributed by atoms with Crippen LogP contribution in [0.25, 0.3) is 0 Å². The van der Waals surface area contributed by atoms with Crippen LogP contribution in [0.3, 0.4) is 0 Å². The molecule has 0 aromatic carbocycles. The lowest BCUT2D eigenvalue weighted by Gasteiger charge is -2.13. The van der Waals surface area contributed by atoms with Crippen LogP contribution in [0.2, 0.25) is 0 Å². The van der Waals surface area contributed by atoms with Crippen molar-refractivity contribution in [3.63, 3.8) is 0 Å². The van der Waals surface area contributed by atoms with Crippen molar-refractivity contribution in [3.05, 3.63) is 47.8 Å². The zero-order valence-corrected chi connectivity index (χ0v) is 10.6. The highest BCUT2D eigenvalue weighted by Gasteiger charge is 2.03. The SMILES string of the molecule is CC(C)=CCC/C(C)=C\CC1C=CC=CO1. The molecule has 0 aromatic heterocycles. The molecule has 16 heavy (non-hydrogen) atoms. The molecule has 0 aromatic rings. The number of ether oxygens (including phenoxy) is 1. The minimum absolute atomic E-state index is 0.225. The van der Waals surface area contributed by atoms with Crippen LogP contribution in [0.1, 0.15) is 40.0 Å². The summed E-state index contributed by atoms with van der Waals surface area (Å²) in [6, 6.07) is 0. The Balaban J connectivity index is 2.25. The molecule has 0 fully saturated rings. The molecule has 88 valence electrons. The maximum absolute atomic E-state index is 5.45. The smallest absolute Gasteiger partial charge is 0.120 e. The fraction of sp³-hybridized carbons (Fsp3) is 0.467. The Bertz CT molecular complexity index is 314. The average Bonchev–Trinajstić information content (AvgIpc) is 2.27. The van der Waals surface area contributed by atoms with Crippen LogP contribution in [0.15, 0.2) is 47.8 Å². The highest BCUT2D eigenvalue weighted by Crippen LogP contribution is 2.12. The van der Waals surface area contributed by atoms with Crippen molar-refractivity contribution in [2.45, 2.75) is 46.1 Å². The summed E-state index contributed by atoms with van der Waals surface area (Å²) < 4.78 is 5.45. The second-order valence-electron chi connectivity index (χ2n) is 4.49. The normalized spacial score (nSPS) is 19.4. The molecule has 1 heterocycles. The first kappa shape index (κ1) is 12.8. The van der Waals surface area contributed by atoms with E-state index in [1.54, 1.807) is 6.26 Å². The molecule has 0 aliphatic carbocycles. The first-order chi connectivity index (χ1) is 7.68. The van der Waals surface area contributed by atoms with Crippen LogP contribution < -0.4 is 0 Å². The fourth-order valence-corrected chi connectivity index (χ4v) is 1.57. The molecule has 0 N–H and O–H groups in total. The molecule has 1 rings (SSSR count). The molecular formula is C15H22O. The van der Waals surface area contributed by atoms with E-state index >= 15 is 0 Å². The van der Waals surface area contributed by atoms with Crippen molar-refractivity contribution in [1.29, 1.82) is 0 Å². The predicted octanol–water partition coefficient (Wildman–Crippen LogP) is 4.54. The molecule has 1 aliphatic heterocycles. The van der Waals surface area contributed by atoms with E-state index in [1.165, 1.54) is 11.1 Å². The maximum Gasteiger partial charge on any atom is 0.120 e. The minimum Gasteiger partial charge on any atom is -0.494 e. The Hall–Kier alpha value is -1.24. The molecule has 1 aliphatic rings. The number of hydrogen-bond donors (Lipinski definition) is 0. The lowest BCUT2D eigenvalue weighted by Crippen LogP contribution is -2.06. The van der Waals surface area contributed by atoms with Crippen molar-refractivity contribution in [2.75, 3.05) is 0 Å². The molecular weight excluding hydrogens is 196 g/mol. The first-order valence-electron chi connectivity index (χ1n) is 5.96. The van der Waals surface area contributed by atoms with Crippen LogP contribution in [-0.2, 0) is 4.74 Å². The van der Waals surface area contributed by atoms with Crippen molar-refractivity contribution in [1.82, 2.24) is 0 Å². The first-order valence-corrected chi connectivity index (χ1v) is 5.96. The molecule has 1 unspecified atom stereocenters. The molecule has 0 radical (unpaired) electrons. The average molecular weight is 218 g/mol. The van der Waals surface area contributed by atoms with Gasteiger partial charge in [-0.05, 0) is 45.8 Å². The van der Waals surface area contributed by atoms with Crippen LogP contribution in [0, 0.1) is 0 Å². The van der Waals surface area contributed by atoms with Gasteiger partial charge < -0.3 is 4.74 Å². The third kappa shape index (κ3) is 5.59. The Morgan fingerprint density at radius 1 is 1.19 bits per heavy atom. The largest absolute Gasteiger partial charge is 0.494 e. The molecule has 0 bridgehead atoms. The van der Waals surface area contributed by atoms with Crippen LogP contribution in [0.4, 0.5) is 0 Å². The molecule has 0 saturated carbocycles. The summed E-state index contributed by atoms with van der Waals surface area (Å²) in [7, 11) is 0.